The standard InChI is InChI=1S/C34H24F3N3O7S/c1-16-23(47-33(43)46-16)13-45-30-22(41)8-9-39-29(30)32(42)38-10-11-44-14-24(38)40(39)28-18-4-2-3-5-19(18)31-25-17(15-48-31)12-34(36,37)27-21(35)7-6-20(28)26(25)27/h2-9,15,24,28H,10-14H2,1H3. The number of alkyl halides is 2. The highest BCUT2D eigenvalue weighted by Gasteiger charge is 2.50. The van der Waals surface area contributed by atoms with Crippen LogP contribution in [0.5, 0.6) is 5.75 Å². The van der Waals surface area contributed by atoms with Crippen molar-refractivity contribution in [2.75, 3.05) is 24.8 Å². The number of ether oxygens (including phenoxy) is 2. The van der Waals surface area contributed by atoms with E-state index in [1.54, 1.807) is 10.3 Å². The van der Waals surface area contributed by atoms with Crippen molar-refractivity contribution in [1.82, 2.24) is 9.58 Å². The first-order chi connectivity index (χ1) is 23.1. The van der Waals surface area contributed by atoms with E-state index in [9.17, 15) is 14.4 Å². The van der Waals surface area contributed by atoms with Crippen LogP contribution in [0.2, 0.25) is 0 Å². The fourth-order valence-electron chi connectivity index (χ4n) is 7.47. The van der Waals surface area contributed by atoms with E-state index in [0.29, 0.717) is 16.7 Å². The highest BCUT2D eigenvalue weighted by molar-refractivity contribution is 7.14. The summed E-state index contributed by atoms with van der Waals surface area (Å²) in [5.74, 6) is -6.00. The molecule has 10 nitrogen and oxygen atoms in total. The molecule has 244 valence electrons. The molecule has 9 rings (SSSR count). The first-order valence-corrected chi connectivity index (χ1v) is 16.1. The molecule has 0 saturated carbocycles. The molecule has 4 aliphatic rings. The minimum atomic E-state index is -3.47. The van der Waals surface area contributed by atoms with Crippen LogP contribution < -0.4 is 21.0 Å². The molecular formula is C34H24F3N3O7S. The van der Waals surface area contributed by atoms with Crippen LogP contribution >= 0.6 is 11.3 Å². The van der Waals surface area contributed by atoms with Gasteiger partial charge in [-0.1, -0.05) is 30.3 Å². The summed E-state index contributed by atoms with van der Waals surface area (Å²) in [4.78, 5) is 41.6. The van der Waals surface area contributed by atoms with Gasteiger partial charge in [0, 0.05) is 41.2 Å². The Morgan fingerprint density at radius 3 is 2.69 bits per heavy atom. The third-order valence-electron chi connectivity index (χ3n) is 9.48. The zero-order chi connectivity index (χ0) is 33.1. The molecule has 0 radical (unpaired) electrons. The van der Waals surface area contributed by atoms with Crippen LogP contribution in [0.4, 0.5) is 13.2 Å². The zero-order valence-electron chi connectivity index (χ0n) is 25.1. The number of amides is 1. The molecule has 0 N–H and O–H groups in total. The van der Waals surface area contributed by atoms with Gasteiger partial charge in [-0.25, -0.2) is 18.0 Å². The van der Waals surface area contributed by atoms with Gasteiger partial charge < -0.3 is 23.2 Å². The number of carbonyl (C=O) groups excluding carboxylic acids is 1. The Morgan fingerprint density at radius 1 is 1.04 bits per heavy atom. The molecule has 1 amide bonds. The molecule has 2 atom stereocenters. The monoisotopic (exact) mass is 675 g/mol. The molecule has 3 aromatic heterocycles. The number of halogens is 3. The van der Waals surface area contributed by atoms with E-state index in [0.717, 1.165) is 22.1 Å². The number of morpholine rings is 1. The Morgan fingerprint density at radius 2 is 1.88 bits per heavy atom. The Balaban J connectivity index is 1.32. The van der Waals surface area contributed by atoms with Gasteiger partial charge in [-0.05, 0) is 40.6 Å². The molecule has 2 unspecified atom stereocenters. The zero-order valence-corrected chi connectivity index (χ0v) is 25.9. The fourth-order valence-corrected chi connectivity index (χ4v) is 8.59. The Kier molecular flexibility index (Phi) is 6.19. The van der Waals surface area contributed by atoms with Crippen molar-refractivity contribution in [3.8, 4) is 27.3 Å². The summed E-state index contributed by atoms with van der Waals surface area (Å²) in [7, 11) is 0. The normalized spacial score (nSPS) is 20.0. The summed E-state index contributed by atoms with van der Waals surface area (Å²) in [6.45, 7) is 1.59. The lowest BCUT2D eigenvalue weighted by Gasteiger charge is -2.51. The van der Waals surface area contributed by atoms with Crippen molar-refractivity contribution in [2.24, 2.45) is 0 Å². The van der Waals surface area contributed by atoms with Gasteiger partial charge >= 0.3 is 5.82 Å². The number of carbonyl (C=O) groups is 1. The molecule has 0 bridgehead atoms. The summed E-state index contributed by atoms with van der Waals surface area (Å²) in [6.07, 6.45) is 0.0702. The van der Waals surface area contributed by atoms with Crippen LogP contribution in [0.1, 0.15) is 50.3 Å². The first kappa shape index (κ1) is 29.1. The molecule has 48 heavy (non-hydrogen) atoms. The van der Waals surface area contributed by atoms with Gasteiger partial charge in [0.05, 0.1) is 24.8 Å². The van der Waals surface area contributed by atoms with E-state index in [-0.39, 0.29) is 54.9 Å². The lowest BCUT2D eigenvalue weighted by Crippen LogP contribution is -2.66. The van der Waals surface area contributed by atoms with Gasteiger partial charge in [-0.15, -0.1) is 11.3 Å². The molecule has 5 aromatic rings. The second-order valence-electron chi connectivity index (χ2n) is 12.1. The van der Waals surface area contributed by atoms with Crippen molar-refractivity contribution < 1.29 is 36.3 Å². The smallest absolute Gasteiger partial charge is 0.479 e. The maximum absolute atomic E-state index is 15.9. The molecule has 2 aliphatic carbocycles. The largest absolute Gasteiger partial charge is 0.519 e. The van der Waals surface area contributed by atoms with Crippen molar-refractivity contribution in [3.63, 3.8) is 0 Å². The van der Waals surface area contributed by atoms with Crippen molar-refractivity contribution in [3.05, 3.63) is 120 Å². The first-order valence-electron chi connectivity index (χ1n) is 15.2. The van der Waals surface area contributed by atoms with E-state index in [2.05, 4.69) is 0 Å². The molecule has 14 heteroatoms. The van der Waals surface area contributed by atoms with Gasteiger partial charge in [0.15, 0.2) is 23.0 Å². The highest BCUT2D eigenvalue weighted by Crippen LogP contribution is 2.58. The van der Waals surface area contributed by atoms with Crippen LogP contribution in [-0.2, 0) is 23.7 Å². The van der Waals surface area contributed by atoms with Crippen LogP contribution in [0.25, 0.3) is 21.6 Å². The summed E-state index contributed by atoms with van der Waals surface area (Å²) in [6, 6.07) is 10.5. The third-order valence-corrected chi connectivity index (χ3v) is 10.5. The quantitative estimate of drug-likeness (QED) is 0.252. The summed E-state index contributed by atoms with van der Waals surface area (Å²) in [5, 5.41) is 3.54. The van der Waals surface area contributed by atoms with E-state index in [4.69, 9.17) is 18.3 Å². The number of thiophene rings is 1. The van der Waals surface area contributed by atoms with Crippen LogP contribution in [0, 0.1) is 12.7 Å². The Bertz CT molecular complexity index is 2310. The van der Waals surface area contributed by atoms with Crippen LogP contribution in [0.15, 0.2) is 72.5 Å². The summed E-state index contributed by atoms with van der Waals surface area (Å²) in [5.41, 5.74) is 1.71. The Labute approximate surface area is 273 Å². The number of pyridine rings is 1. The number of benzene rings is 2. The maximum atomic E-state index is 15.9. The molecule has 2 aromatic carbocycles. The van der Waals surface area contributed by atoms with Gasteiger partial charge in [0.2, 0.25) is 5.43 Å². The molecule has 1 fully saturated rings. The van der Waals surface area contributed by atoms with Gasteiger partial charge in [-0.3, -0.25) is 19.3 Å². The lowest BCUT2D eigenvalue weighted by atomic mass is 9.80. The predicted octanol–water partition coefficient (Wildman–Crippen LogP) is 5.32. The second kappa shape index (κ2) is 10.2. The van der Waals surface area contributed by atoms with Crippen molar-refractivity contribution in [1.29, 1.82) is 0 Å². The summed E-state index contributed by atoms with van der Waals surface area (Å²) >= 11 is 1.33. The predicted molar refractivity (Wildman–Crippen MR) is 165 cm³/mol. The number of hydrogen-bond donors (Lipinski definition) is 0. The van der Waals surface area contributed by atoms with Crippen LogP contribution in [0.3, 0.4) is 0 Å². The number of fused-ring (bicyclic) bond motifs is 4. The average Bonchev–Trinajstić information content (AvgIpc) is 3.59. The number of nitrogens with zero attached hydrogens (tertiary/aromatic N) is 3. The number of aromatic nitrogens is 1. The van der Waals surface area contributed by atoms with E-state index < -0.39 is 53.1 Å². The Hall–Kier alpha value is -5.08. The maximum Gasteiger partial charge on any atom is 0.519 e. The van der Waals surface area contributed by atoms with Gasteiger partial charge in [-0.2, -0.15) is 0 Å². The van der Waals surface area contributed by atoms with Crippen molar-refractivity contribution in [2.45, 2.75) is 38.1 Å². The average molecular weight is 676 g/mol. The molecule has 2 aliphatic heterocycles. The third kappa shape index (κ3) is 3.99. The number of hydrogen-bond acceptors (Lipinski definition) is 9. The second-order valence-corrected chi connectivity index (χ2v) is 13.0. The summed E-state index contributed by atoms with van der Waals surface area (Å²) < 4.78 is 70.6. The molecule has 0 spiro atoms. The SMILES string of the molecule is Cc1oc(=O)oc1COc1c2n(ccc1=O)N(C1c3ccccc3-c3scc4c3-c3c1ccc(F)c3C(F)(F)C4)C1COCCN1C2=O. The highest BCUT2D eigenvalue weighted by atomic mass is 32.1. The molecule has 5 heterocycles. The van der Waals surface area contributed by atoms with Crippen LogP contribution in [-0.4, -0.2) is 41.4 Å². The minimum absolute atomic E-state index is 0.0462. The molecular weight excluding hydrogens is 651 g/mol. The minimum Gasteiger partial charge on any atom is -0.479 e. The number of rotatable bonds is 4. The molecule has 1 saturated heterocycles. The lowest BCUT2D eigenvalue weighted by molar-refractivity contribution is -0.0199. The van der Waals surface area contributed by atoms with Gasteiger partial charge in [0.1, 0.15) is 18.6 Å². The van der Waals surface area contributed by atoms with Crippen molar-refractivity contribution >= 4 is 17.2 Å². The van der Waals surface area contributed by atoms with E-state index >= 15 is 13.2 Å². The van der Waals surface area contributed by atoms with Gasteiger partial charge in [0.25, 0.3) is 11.8 Å². The number of aryl methyl sites for hydroxylation is 1. The van der Waals surface area contributed by atoms with E-state index in [1.165, 1.54) is 41.3 Å². The fraction of sp³-hybridized carbons (Fsp3) is 0.265. The topological polar surface area (TPSA) is 107 Å². The van der Waals surface area contributed by atoms with E-state index in [1.807, 2.05) is 29.3 Å².